The van der Waals surface area contributed by atoms with E-state index in [0.717, 1.165) is 17.6 Å². The zero-order valence-electron chi connectivity index (χ0n) is 9.78. The summed E-state index contributed by atoms with van der Waals surface area (Å²) >= 11 is 5.92. The summed E-state index contributed by atoms with van der Waals surface area (Å²) in [5.41, 5.74) is 2.15. The van der Waals surface area contributed by atoms with E-state index in [4.69, 9.17) is 11.6 Å². The molecule has 1 atom stereocenters. The minimum Gasteiger partial charge on any atom is -0.342 e. The van der Waals surface area contributed by atoms with Crippen molar-refractivity contribution >= 4 is 47.4 Å². The summed E-state index contributed by atoms with van der Waals surface area (Å²) in [7, 11) is 0. The standard InChI is InChI=1S/C12H14ClN3.2ClH/c13-9-5-8-6-11(16-12(8)15-7-9)10-3-1-2-4-14-10;;/h5-7,10,14H,1-4H2,(H,15,16);2*1H. The number of piperidine rings is 1. The number of hydrogen-bond acceptors (Lipinski definition) is 2. The smallest absolute Gasteiger partial charge is 0.137 e. The maximum Gasteiger partial charge on any atom is 0.137 e. The Bertz CT molecular complexity index is 506. The number of nitrogens with zero attached hydrogens (tertiary/aromatic N) is 1. The number of rotatable bonds is 1. The first-order valence-corrected chi connectivity index (χ1v) is 6.08. The molecule has 0 saturated carbocycles. The van der Waals surface area contributed by atoms with Crippen LogP contribution in [0, 0.1) is 0 Å². The van der Waals surface area contributed by atoms with Crippen LogP contribution in [0.5, 0.6) is 0 Å². The van der Waals surface area contributed by atoms with Gasteiger partial charge in [-0.2, -0.15) is 0 Å². The molecule has 18 heavy (non-hydrogen) atoms. The molecule has 1 aliphatic heterocycles. The number of pyridine rings is 1. The van der Waals surface area contributed by atoms with Gasteiger partial charge in [0, 0.05) is 23.3 Å². The van der Waals surface area contributed by atoms with Crippen molar-refractivity contribution in [3.8, 4) is 0 Å². The van der Waals surface area contributed by atoms with Crippen LogP contribution < -0.4 is 5.32 Å². The van der Waals surface area contributed by atoms with Crippen molar-refractivity contribution in [2.24, 2.45) is 0 Å². The minimum atomic E-state index is 0. The quantitative estimate of drug-likeness (QED) is 0.839. The summed E-state index contributed by atoms with van der Waals surface area (Å²) in [4.78, 5) is 7.64. The van der Waals surface area contributed by atoms with Gasteiger partial charge in [-0.3, -0.25) is 0 Å². The maximum atomic E-state index is 5.92. The number of aromatic amines is 1. The molecule has 2 aromatic rings. The fourth-order valence-corrected chi connectivity index (χ4v) is 2.48. The lowest BCUT2D eigenvalue weighted by Crippen LogP contribution is -2.26. The van der Waals surface area contributed by atoms with Gasteiger partial charge in [0.25, 0.3) is 0 Å². The highest BCUT2D eigenvalue weighted by Gasteiger charge is 2.16. The molecular weight excluding hydrogens is 293 g/mol. The van der Waals surface area contributed by atoms with Crippen molar-refractivity contribution in [1.29, 1.82) is 0 Å². The number of hydrogen-bond donors (Lipinski definition) is 2. The van der Waals surface area contributed by atoms with Crippen molar-refractivity contribution in [2.75, 3.05) is 6.54 Å². The largest absolute Gasteiger partial charge is 0.342 e. The number of aromatic nitrogens is 2. The molecule has 0 amide bonds. The van der Waals surface area contributed by atoms with Crippen LogP contribution in [-0.4, -0.2) is 16.5 Å². The Kier molecular flexibility index (Phi) is 5.73. The van der Waals surface area contributed by atoms with Crippen LogP contribution in [0.1, 0.15) is 31.0 Å². The Labute approximate surface area is 124 Å². The molecule has 0 bridgehead atoms. The zero-order valence-corrected chi connectivity index (χ0v) is 12.2. The van der Waals surface area contributed by atoms with Gasteiger partial charge in [-0.1, -0.05) is 18.0 Å². The SMILES string of the molecule is Cl.Cl.Clc1cnc2[nH]c(C3CCCCN3)cc2c1. The van der Waals surface area contributed by atoms with E-state index >= 15 is 0 Å². The van der Waals surface area contributed by atoms with Crippen LogP contribution in [0.3, 0.4) is 0 Å². The number of H-pyrrole nitrogens is 1. The Morgan fingerprint density at radius 3 is 2.78 bits per heavy atom. The predicted molar refractivity (Wildman–Crippen MR) is 80.2 cm³/mol. The molecule has 6 heteroatoms. The van der Waals surface area contributed by atoms with Gasteiger partial charge in [0.2, 0.25) is 0 Å². The molecule has 1 unspecified atom stereocenters. The Morgan fingerprint density at radius 1 is 1.22 bits per heavy atom. The van der Waals surface area contributed by atoms with E-state index < -0.39 is 0 Å². The highest BCUT2D eigenvalue weighted by molar-refractivity contribution is 6.31. The summed E-state index contributed by atoms with van der Waals surface area (Å²) in [6, 6.07) is 4.55. The molecule has 1 fully saturated rings. The van der Waals surface area contributed by atoms with E-state index in [9.17, 15) is 0 Å². The second-order valence-electron chi connectivity index (χ2n) is 4.32. The molecule has 1 aliphatic rings. The van der Waals surface area contributed by atoms with Crippen LogP contribution in [0.4, 0.5) is 0 Å². The van der Waals surface area contributed by atoms with Crippen molar-refractivity contribution in [1.82, 2.24) is 15.3 Å². The van der Waals surface area contributed by atoms with Gasteiger partial charge in [0.1, 0.15) is 5.65 Å². The van der Waals surface area contributed by atoms with Gasteiger partial charge in [0.05, 0.1) is 5.02 Å². The molecule has 0 aliphatic carbocycles. The van der Waals surface area contributed by atoms with Crippen LogP contribution in [-0.2, 0) is 0 Å². The van der Waals surface area contributed by atoms with Gasteiger partial charge in [0.15, 0.2) is 0 Å². The first kappa shape index (κ1) is 15.6. The molecule has 2 aromatic heterocycles. The van der Waals surface area contributed by atoms with E-state index in [2.05, 4.69) is 21.4 Å². The molecule has 0 spiro atoms. The van der Waals surface area contributed by atoms with Gasteiger partial charge in [-0.25, -0.2) is 4.98 Å². The monoisotopic (exact) mass is 307 g/mol. The molecule has 3 nitrogen and oxygen atoms in total. The van der Waals surface area contributed by atoms with Gasteiger partial charge in [-0.15, -0.1) is 24.8 Å². The summed E-state index contributed by atoms with van der Waals surface area (Å²) in [5.74, 6) is 0. The summed E-state index contributed by atoms with van der Waals surface area (Å²) in [6.45, 7) is 1.11. The van der Waals surface area contributed by atoms with Crippen molar-refractivity contribution in [3.05, 3.63) is 29.0 Å². The summed E-state index contributed by atoms with van der Waals surface area (Å²) < 4.78 is 0. The lowest BCUT2D eigenvalue weighted by Gasteiger charge is -2.22. The maximum absolute atomic E-state index is 5.92. The van der Waals surface area contributed by atoms with E-state index in [1.165, 1.54) is 25.0 Å². The molecule has 3 rings (SSSR count). The number of halogens is 3. The van der Waals surface area contributed by atoms with Crippen LogP contribution in [0.15, 0.2) is 18.3 Å². The molecule has 3 heterocycles. The third-order valence-corrected chi connectivity index (χ3v) is 3.35. The fraction of sp³-hybridized carbons (Fsp3) is 0.417. The molecular formula is C12H16Cl3N3. The van der Waals surface area contributed by atoms with E-state index in [1.807, 2.05) is 6.07 Å². The number of nitrogens with one attached hydrogen (secondary N) is 2. The average Bonchev–Trinajstić information content (AvgIpc) is 2.73. The normalized spacial score (nSPS) is 19.1. The topological polar surface area (TPSA) is 40.7 Å². The van der Waals surface area contributed by atoms with Gasteiger partial charge < -0.3 is 10.3 Å². The first-order valence-electron chi connectivity index (χ1n) is 5.70. The van der Waals surface area contributed by atoms with E-state index in [1.54, 1.807) is 6.20 Å². The predicted octanol–water partition coefficient (Wildman–Crippen LogP) is 3.87. The molecule has 2 N–H and O–H groups in total. The lowest BCUT2D eigenvalue weighted by molar-refractivity contribution is 0.407. The first-order chi connectivity index (χ1) is 7.83. The third kappa shape index (κ3) is 3.09. The average molecular weight is 309 g/mol. The third-order valence-electron chi connectivity index (χ3n) is 3.14. The van der Waals surface area contributed by atoms with Gasteiger partial charge >= 0.3 is 0 Å². The summed E-state index contributed by atoms with van der Waals surface area (Å²) in [5, 5.41) is 5.30. The fourth-order valence-electron chi connectivity index (χ4n) is 2.31. The van der Waals surface area contributed by atoms with Crippen molar-refractivity contribution in [2.45, 2.75) is 25.3 Å². The molecule has 0 radical (unpaired) electrons. The van der Waals surface area contributed by atoms with Crippen molar-refractivity contribution in [3.63, 3.8) is 0 Å². The van der Waals surface area contributed by atoms with Crippen LogP contribution >= 0.6 is 36.4 Å². The Balaban J connectivity index is 0.000000810. The lowest BCUT2D eigenvalue weighted by atomic mass is 10.0. The van der Waals surface area contributed by atoms with Crippen LogP contribution in [0.25, 0.3) is 11.0 Å². The van der Waals surface area contributed by atoms with Crippen LogP contribution in [0.2, 0.25) is 5.02 Å². The summed E-state index contributed by atoms with van der Waals surface area (Å²) in [6.07, 6.45) is 5.45. The minimum absolute atomic E-state index is 0. The highest BCUT2D eigenvalue weighted by Crippen LogP contribution is 2.26. The molecule has 1 saturated heterocycles. The Hall–Kier alpha value is -0.480. The number of fused-ring (bicyclic) bond motifs is 1. The van der Waals surface area contributed by atoms with E-state index in [-0.39, 0.29) is 24.8 Å². The van der Waals surface area contributed by atoms with Crippen molar-refractivity contribution < 1.29 is 0 Å². The zero-order chi connectivity index (χ0) is 11.0. The van der Waals surface area contributed by atoms with E-state index in [0.29, 0.717) is 11.1 Å². The van der Waals surface area contributed by atoms with Gasteiger partial charge in [-0.05, 0) is 31.5 Å². The molecule has 100 valence electrons. The highest BCUT2D eigenvalue weighted by atomic mass is 35.5. The second kappa shape index (κ2) is 6.62. The second-order valence-corrected chi connectivity index (χ2v) is 4.75. The molecule has 0 aromatic carbocycles. The Morgan fingerprint density at radius 2 is 2.06 bits per heavy atom.